The van der Waals surface area contributed by atoms with E-state index in [4.69, 9.17) is 20.8 Å². The number of nitrogens with one attached hydrogen (secondary N) is 1. The van der Waals surface area contributed by atoms with E-state index in [-0.39, 0.29) is 11.9 Å². The van der Waals surface area contributed by atoms with Gasteiger partial charge in [-0.3, -0.25) is 14.6 Å². The number of halogens is 1. The van der Waals surface area contributed by atoms with Crippen molar-refractivity contribution in [1.82, 2.24) is 9.80 Å². The second-order valence-electron chi connectivity index (χ2n) is 6.86. The van der Waals surface area contributed by atoms with Gasteiger partial charge in [-0.25, -0.2) is 0 Å². The maximum atomic E-state index is 12.7. The maximum absolute atomic E-state index is 12.7. The molecule has 27 heavy (non-hydrogen) atoms. The molecule has 146 valence electrons. The zero-order valence-electron chi connectivity index (χ0n) is 16.0. The Morgan fingerprint density at radius 2 is 2.07 bits per heavy atom. The number of hydrogen-bond donors (Lipinski definition) is 1. The zero-order chi connectivity index (χ0) is 19.4. The number of anilines is 1. The largest absolute Gasteiger partial charge is 0.495 e. The van der Waals surface area contributed by atoms with E-state index in [9.17, 15) is 4.79 Å². The fraction of sp³-hybridized carbons (Fsp3) is 0.450. The highest BCUT2D eigenvalue weighted by Crippen LogP contribution is 2.31. The van der Waals surface area contributed by atoms with E-state index in [2.05, 4.69) is 15.1 Å². The number of methoxy groups -OCH3 is 1. The molecule has 1 aliphatic heterocycles. The first-order valence-corrected chi connectivity index (χ1v) is 9.49. The van der Waals surface area contributed by atoms with Gasteiger partial charge < -0.3 is 14.5 Å². The number of rotatable bonds is 6. The van der Waals surface area contributed by atoms with Gasteiger partial charge in [-0.15, -0.1) is 0 Å². The third kappa shape index (κ3) is 4.83. The molecule has 1 fully saturated rings. The molecule has 1 aromatic heterocycles. The van der Waals surface area contributed by atoms with Crippen LogP contribution < -0.4 is 10.1 Å². The van der Waals surface area contributed by atoms with Crippen LogP contribution in [0.1, 0.15) is 18.2 Å². The SMILES string of the molecule is COc1cc(Cl)c(C)cc1NC(=O)[C@H](C)N1CCN(Cc2ccco2)CC1. The van der Waals surface area contributed by atoms with Crippen molar-refractivity contribution in [3.8, 4) is 5.75 Å². The van der Waals surface area contributed by atoms with Gasteiger partial charge in [0.2, 0.25) is 5.91 Å². The molecule has 1 aromatic carbocycles. The number of hydrogen-bond acceptors (Lipinski definition) is 5. The third-order valence-electron chi connectivity index (χ3n) is 5.03. The molecule has 0 bridgehead atoms. The van der Waals surface area contributed by atoms with E-state index in [0.29, 0.717) is 16.5 Å². The minimum atomic E-state index is -0.226. The predicted molar refractivity (Wildman–Crippen MR) is 106 cm³/mol. The van der Waals surface area contributed by atoms with Crippen LogP contribution in [-0.2, 0) is 11.3 Å². The molecule has 0 radical (unpaired) electrons. The van der Waals surface area contributed by atoms with Crippen molar-refractivity contribution in [2.75, 3.05) is 38.6 Å². The molecular formula is C20H26ClN3O3. The molecule has 0 saturated carbocycles. The van der Waals surface area contributed by atoms with E-state index >= 15 is 0 Å². The zero-order valence-corrected chi connectivity index (χ0v) is 16.8. The van der Waals surface area contributed by atoms with Crippen molar-refractivity contribution < 1.29 is 13.9 Å². The smallest absolute Gasteiger partial charge is 0.241 e. The second-order valence-corrected chi connectivity index (χ2v) is 7.27. The van der Waals surface area contributed by atoms with E-state index in [1.54, 1.807) is 19.4 Å². The number of amides is 1. The lowest BCUT2D eigenvalue weighted by atomic mass is 10.1. The van der Waals surface area contributed by atoms with Crippen LogP contribution >= 0.6 is 11.6 Å². The lowest BCUT2D eigenvalue weighted by molar-refractivity contribution is -0.121. The summed E-state index contributed by atoms with van der Waals surface area (Å²) >= 11 is 6.14. The third-order valence-corrected chi connectivity index (χ3v) is 5.44. The number of carbonyl (C=O) groups excluding carboxylic acids is 1. The first kappa shape index (κ1) is 19.7. The van der Waals surface area contributed by atoms with Crippen LogP contribution in [0, 0.1) is 6.92 Å². The molecule has 6 nitrogen and oxygen atoms in total. The summed E-state index contributed by atoms with van der Waals surface area (Å²) in [5, 5.41) is 3.60. The second kappa shape index (κ2) is 8.78. The molecule has 2 heterocycles. The fourth-order valence-electron chi connectivity index (χ4n) is 3.26. The van der Waals surface area contributed by atoms with Crippen molar-refractivity contribution >= 4 is 23.2 Å². The molecule has 1 aliphatic rings. The van der Waals surface area contributed by atoms with Crippen LogP contribution in [0.3, 0.4) is 0 Å². The maximum Gasteiger partial charge on any atom is 0.241 e. The average molecular weight is 392 g/mol. The molecule has 1 atom stereocenters. The molecular weight excluding hydrogens is 366 g/mol. The van der Waals surface area contributed by atoms with Gasteiger partial charge in [0.05, 0.1) is 31.6 Å². The summed E-state index contributed by atoms with van der Waals surface area (Å²) < 4.78 is 10.8. The Morgan fingerprint density at radius 1 is 1.33 bits per heavy atom. The Labute approximate surface area is 165 Å². The molecule has 0 spiro atoms. The van der Waals surface area contributed by atoms with Crippen LogP contribution in [0.25, 0.3) is 0 Å². The minimum absolute atomic E-state index is 0.0468. The highest BCUT2D eigenvalue weighted by molar-refractivity contribution is 6.31. The van der Waals surface area contributed by atoms with E-state index in [1.807, 2.05) is 32.0 Å². The summed E-state index contributed by atoms with van der Waals surface area (Å²) in [5.74, 6) is 1.49. The molecule has 2 aromatic rings. The summed E-state index contributed by atoms with van der Waals surface area (Å²) in [6, 6.07) is 7.24. The highest BCUT2D eigenvalue weighted by atomic mass is 35.5. The first-order valence-electron chi connectivity index (χ1n) is 9.11. The quantitative estimate of drug-likeness (QED) is 0.817. The number of piperazine rings is 1. The molecule has 1 saturated heterocycles. The number of aryl methyl sites for hydroxylation is 1. The van der Waals surface area contributed by atoms with Gasteiger partial charge in [-0.1, -0.05) is 11.6 Å². The number of ether oxygens (including phenoxy) is 1. The van der Waals surface area contributed by atoms with Gasteiger partial charge in [0, 0.05) is 37.3 Å². The van der Waals surface area contributed by atoms with Gasteiger partial charge in [0.1, 0.15) is 11.5 Å². The van der Waals surface area contributed by atoms with Crippen molar-refractivity contribution in [2.24, 2.45) is 0 Å². The van der Waals surface area contributed by atoms with E-state index in [1.165, 1.54) is 0 Å². The molecule has 7 heteroatoms. The lowest BCUT2D eigenvalue weighted by Gasteiger charge is -2.37. The summed E-state index contributed by atoms with van der Waals surface area (Å²) in [6.07, 6.45) is 1.70. The fourth-order valence-corrected chi connectivity index (χ4v) is 3.42. The Bertz CT molecular complexity index is 771. The lowest BCUT2D eigenvalue weighted by Crippen LogP contribution is -2.52. The highest BCUT2D eigenvalue weighted by Gasteiger charge is 2.26. The van der Waals surface area contributed by atoms with Gasteiger partial charge in [-0.05, 0) is 37.6 Å². The molecule has 0 unspecified atom stereocenters. The first-order chi connectivity index (χ1) is 13.0. The van der Waals surface area contributed by atoms with Gasteiger partial charge in [0.25, 0.3) is 0 Å². The molecule has 1 amide bonds. The summed E-state index contributed by atoms with van der Waals surface area (Å²) in [7, 11) is 1.57. The van der Waals surface area contributed by atoms with Gasteiger partial charge in [0.15, 0.2) is 0 Å². The van der Waals surface area contributed by atoms with Crippen molar-refractivity contribution in [2.45, 2.75) is 26.4 Å². The Hall–Kier alpha value is -2.02. The van der Waals surface area contributed by atoms with E-state index < -0.39 is 0 Å². The van der Waals surface area contributed by atoms with Crippen molar-refractivity contribution in [3.63, 3.8) is 0 Å². The van der Waals surface area contributed by atoms with Crippen molar-refractivity contribution in [1.29, 1.82) is 0 Å². The van der Waals surface area contributed by atoms with Crippen LogP contribution in [0.2, 0.25) is 5.02 Å². The van der Waals surface area contributed by atoms with Crippen LogP contribution in [0.15, 0.2) is 34.9 Å². The molecule has 0 aliphatic carbocycles. The van der Waals surface area contributed by atoms with Crippen LogP contribution in [0.4, 0.5) is 5.69 Å². The van der Waals surface area contributed by atoms with Gasteiger partial charge in [-0.2, -0.15) is 0 Å². The summed E-state index contributed by atoms with van der Waals surface area (Å²) in [5.41, 5.74) is 1.54. The minimum Gasteiger partial charge on any atom is -0.495 e. The molecule has 1 N–H and O–H groups in total. The monoisotopic (exact) mass is 391 g/mol. The molecule has 3 rings (SSSR count). The Morgan fingerprint density at radius 3 is 2.70 bits per heavy atom. The standard InChI is InChI=1S/C20H26ClN3O3/c1-14-11-18(19(26-3)12-17(14)21)22-20(25)15(2)24-8-6-23(7-9-24)13-16-5-4-10-27-16/h4-5,10-12,15H,6-9,13H2,1-3H3,(H,22,25)/t15-/m0/s1. The number of furan rings is 1. The van der Waals surface area contributed by atoms with Gasteiger partial charge >= 0.3 is 0 Å². The Kier molecular flexibility index (Phi) is 6.42. The number of carbonyl (C=O) groups is 1. The van der Waals surface area contributed by atoms with Crippen molar-refractivity contribution in [3.05, 3.63) is 46.9 Å². The predicted octanol–water partition coefficient (Wildman–Crippen LogP) is 3.39. The average Bonchev–Trinajstić information content (AvgIpc) is 3.17. The summed E-state index contributed by atoms with van der Waals surface area (Å²) in [6.45, 7) is 8.14. The normalized spacial score (nSPS) is 16.9. The number of nitrogens with zero attached hydrogens (tertiary/aromatic N) is 2. The number of benzene rings is 1. The Balaban J connectivity index is 1.56. The topological polar surface area (TPSA) is 58.0 Å². The van der Waals surface area contributed by atoms with Crippen LogP contribution in [0.5, 0.6) is 5.75 Å². The summed E-state index contributed by atoms with van der Waals surface area (Å²) in [4.78, 5) is 17.3. The van der Waals surface area contributed by atoms with E-state index in [0.717, 1.165) is 44.0 Å². The van der Waals surface area contributed by atoms with Crippen LogP contribution in [-0.4, -0.2) is 55.0 Å².